The number of hydrogen-bond acceptors (Lipinski definition) is 8. The summed E-state index contributed by atoms with van der Waals surface area (Å²) in [5.74, 6) is -2.93. The zero-order valence-corrected chi connectivity index (χ0v) is 36.9. The van der Waals surface area contributed by atoms with E-state index in [1.54, 1.807) is 0 Å². The normalized spacial score (nSPS) is 14.0. The molecule has 5 N–H and O–H groups in total. The van der Waals surface area contributed by atoms with Crippen molar-refractivity contribution in [1.82, 2.24) is 21.3 Å². The fourth-order valence-electron chi connectivity index (χ4n) is 6.73. The van der Waals surface area contributed by atoms with Gasteiger partial charge in [-0.05, 0) is 66.5 Å². The van der Waals surface area contributed by atoms with E-state index in [2.05, 4.69) is 21.3 Å². The smallest absolute Gasteiger partial charge is 0.251 e. The van der Waals surface area contributed by atoms with E-state index >= 15 is 0 Å². The van der Waals surface area contributed by atoms with Gasteiger partial charge in [-0.15, -0.1) is 0 Å². The Morgan fingerprint density at radius 1 is 0.705 bits per heavy atom. The Labute approximate surface area is 360 Å². The molecule has 0 aromatic heterocycles. The van der Waals surface area contributed by atoms with Gasteiger partial charge >= 0.3 is 0 Å². The highest BCUT2D eigenvalue weighted by atomic mass is 32.2. The molecule has 4 aromatic carbocycles. The lowest BCUT2D eigenvalue weighted by Gasteiger charge is -2.30. The second kappa shape index (κ2) is 22.9. The topological polar surface area (TPSA) is 183 Å². The Balaban J connectivity index is 1.59. The van der Waals surface area contributed by atoms with Crippen molar-refractivity contribution in [2.24, 2.45) is 17.8 Å². The van der Waals surface area contributed by atoms with Crippen molar-refractivity contribution in [3.8, 4) is 0 Å². The first-order valence-corrected chi connectivity index (χ1v) is 22.4. The molecule has 0 bridgehead atoms. The van der Waals surface area contributed by atoms with Crippen molar-refractivity contribution in [1.29, 1.82) is 0 Å². The van der Waals surface area contributed by atoms with Crippen LogP contribution in [0, 0.1) is 17.8 Å². The van der Waals surface area contributed by atoms with Crippen LogP contribution in [0.15, 0.2) is 109 Å². The minimum Gasteiger partial charge on any atom is -0.391 e. The van der Waals surface area contributed by atoms with Gasteiger partial charge < -0.3 is 31.1 Å². The maximum atomic E-state index is 14.2. The zero-order valence-electron chi connectivity index (χ0n) is 36.1. The second-order valence-corrected chi connectivity index (χ2v) is 18.2. The summed E-state index contributed by atoms with van der Waals surface area (Å²) in [6.45, 7) is 9.74. The predicted molar refractivity (Wildman–Crippen MR) is 238 cm³/mol. The number of rotatable bonds is 22. The van der Waals surface area contributed by atoms with Gasteiger partial charge in [-0.25, -0.2) is 8.42 Å². The Bertz CT molecular complexity index is 2150. The summed E-state index contributed by atoms with van der Waals surface area (Å²) in [7, 11) is -2.48. The van der Waals surface area contributed by atoms with Crippen molar-refractivity contribution in [3.63, 3.8) is 0 Å². The average molecular weight is 856 g/mol. The summed E-state index contributed by atoms with van der Waals surface area (Å²) in [6, 6.07) is 29.9. The van der Waals surface area contributed by atoms with E-state index in [0.29, 0.717) is 13.0 Å². The molecule has 0 aliphatic carbocycles. The number of carbonyl (C=O) groups excluding carboxylic acids is 4. The molecule has 0 aliphatic heterocycles. The Morgan fingerprint density at radius 3 is 1.79 bits per heavy atom. The zero-order chi connectivity index (χ0) is 44.7. The van der Waals surface area contributed by atoms with Gasteiger partial charge in [-0.3, -0.25) is 23.5 Å². The second-order valence-electron chi connectivity index (χ2n) is 16.2. The molecular weight excluding hydrogens is 795 g/mol. The number of hydrogen-bond donors (Lipinski definition) is 5. The van der Waals surface area contributed by atoms with Crippen molar-refractivity contribution >= 4 is 39.3 Å². The maximum absolute atomic E-state index is 14.2. The molecule has 4 amide bonds. The minimum atomic E-state index is -3.80. The summed E-state index contributed by atoms with van der Waals surface area (Å²) < 4.78 is 32.3. The molecule has 0 radical (unpaired) electrons. The van der Waals surface area contributed by atoms with Crippen LogP contribution in [0.25, 0.3) is 0 Å². The number of benzene rings is 4. The van der Waals surface area contributed by atoms with E-state index in [1.165, 1.54) is 25.2 Å². The van der Waals surface area contributed by atoms with Crippen molar-refractivity contribution < 1.29 is 37.4 Å². The molecule has 0 spiro atoms. The summed E-state index contributed by atoms with van der Waals surface area (Å²) in [6.07, 6.45) is -0.00311. The van der Waals surface area contributed by atoms with Gasteiger partial charge in [0, 0.05) is 30.6 Å². The van der Waals surface area contributed by atoms with Crippen LogP contribution in [0.4, 0.5) is 5.69 Å². The monoisotopic (exact) mass is 855 g/mol. The van der Waals surface area contributed by atoms with E-state index in [0.717, 1.165) is 27.3 Å². The lowest BCUT2D eigenvalue weighted by Crippen LogP contribution is -2.51. The van der Waals surface area contributed by atoms with Crippen molar-refractivity contribution in [3.05, 3.63) is 137 Å². The Hall–Kier alpha value is -5.57. The Kier molecular flexibility index (Phi) is 18.0. The summed E-state index contributed by atoms with van der Waals surface area (Å²) >= 11 is 0. The molecule has 0 aliphatic rings. The minimum absolute atomic E-state index is 0.0398. The molecule has 4 rings (SSSR count). The SMILES string of the molecule is CC(C)C[C@H](NC(=O)[C@@H](C[C@H](O)[C@H](COCc1ccccc1)NC(=O)c1cc(C(=O)N[C@H](C)c2ccccc2)cc(N(C)S(C)(=O)=O)c1)C(C)C)C(=O)NCc1ccccc1. The van der Waals surface area contributed by atoms with Crippen LogP contribution in [0.3, 0.4) is 0 Å². The fraction of sp³-hybridized carbons (Fsp3) is 0.404. The van der Waals surface area contributed by atoms with Crippen LogP contribution in [-0.4, -0.2) is 75.3 Å². The van der Waals surface area contributed by atoms with Crippen molar-refractivity contribution in [2.75, 3.05) is 24.2 Å². The molecule has 0 saturated heterocycles. The highest BCUT2D eigenvalue weighted by Gasteiger charge is 2.33. The van der Waals surface area contributed by atoms with Crippen LogP contribution in [0.1, 0.15) is 90.9 Å². The fourth-order valence-corrected chi connectivity index (χ4v) is 7.21. The van der Waals surface area contributed by atoms with E-state index in [4.69, 9.17) is 4.74 Å². The molecule has 0 heterocycles. The number of nitrogens with zero attached hydrogens (tertiary/aromatic N) is 1. The average Bonchev–Trinajstić information content (AvgIpc) is 3.23. The first-order valence-electron chi connectivity index (χ1n) is 20.6. The van der Waals surface area contributed by atoms with Gasteiger partial charge in [0.15, 0.2) is 0 Å². The number of ether oxygens (including phenoxy) is 1. The van der Waals surface area contributed by atoms with Crippen LogP contribution in [0.5, 0.6) is 0 Å². The van der Waals surface area contributed by atoms with Crippen LogP contribution in [-0.2, 0) is 37.5 Å². The van der Waals surface area contributed by atoms with Gasteiger partial charge in [0.05, 0.1) is 43.3 Å². The lowest BCUT2D eigenvalue weighted by molar-refractivity contribution is -0.133. The van der Waals surface area contributed by atoms with Crippen LogP contribution < -0.4 is 25.6 Å². The number of amides is 4. The molecular formula is C47H61N5O8S. The summed E-state index contributed by atoms with van der Waals surface area (Å²) in [4.78, 5) is 55.2. The quantitative estimate of drug-likeness (QED) is 0.0662. The third-order valence-electron chi connectivity index (χ3n) is 10.4. The molecule has 0 saturated carbocycles. The first-order chi connectivity index (χ1) is 28.9. The number of nitrogens with one attached hydrogen (secondary N) is 4. The molecule has 14 heteroatoms. The number of sulfonamides is 1. The van der Waals surface area contributed by atoms with Gasteiger partial charge in [0.2, 0.25) is 21.8 Å². The van der Waals surface area contributed by atoms with Crippen molar-refractivity contribution in [2.45, 2.75) is 84.8 Å². The molecule has 13 nitrogen and oxygen atoms in total. The van der Waals surface area contributed by atoms with E-state index in [9.17, 15) is 32.7 Å². The lowest BCUT2D eigenvalue weighted by atomic mass is 9.86. The summed E-state index contributed by atoms with van der Waals surface area (Å²) in [5, 5.41) is 23.5. The number of carbonyl (C=O) groups is 4. The third-order valence-corrected chi connectivity index (χ3v) is 11.6. The standard InChI is InChI=1S/C47H61N5O8S/c1-31(2)23-41(47(57)48-28-34-17-11-8-12-18-34)50-46(56)40(32(3)4)27-43(53)42(30-60-29-35-19-13-9-14-20-35)51-45(55)38-24-37(25-39(26-38)52(6)61(7,58)59)44(54)49-33(5)36-21-15-10-16-22-36/h8-22,24-26,31-33,40-43,53H,23,27-30H2,1-7H3,(H,48,57)(H,49,54)(H,50,56)(H,51,55)/t33-,40+,41+,42+,43+/m1/s1. The van der Waals surface area contributed by atoms with E-state index in [1.807, 2.05) is 126 Å². The molecule has 0 unspecified atom stereocenters. The van der Waals surface area contributed by atoms with Crippen LogP contribution >= 0.6 is 0 Å². The van der Waals surface area contributed by atoms with Gasteiger partial charge in [0.25, 0.3) is 11.8 Å². The van der Waals surface area contributed by atoms with Crippen LogP contribution in [0.2, 0.25) is 0 Å². The molecule has 61 heavy (non-hydrogen) atoms. The predicted octanol–water partition coefficient (Wildman–Crippen LogP) is 5.76. The largest absolute Gasteiger partial charge is 0.391 e. The van der Waals surface area contributed by atoms with Gasteiger partial charge in [-0.2, -0.15) is 0 Å². The molecule has 5 atom stereocenters. The molecule has 328 valence electrons. The number of aliphatic hydroxyl groups is 1. The van der Waals surface area contributed by atoms with E-state index in [-0.39, 0.29) is 54.2 Å². The summed E-state index contributed by atoms with van der Waals surface area (Å²) in [5.41, 5.74) is 2.70. The first kappa shape index (κ1) is 48.1. The highest BCUT2D eigenvalue weighted by molar-refractivity contribution is 7.92. The highest BCUT2D eigenvalue weighted by Crippen LogP contribution is 2.24. The van der Waals surface area contributed by atoms with Gasteiger partial charge in [0.1, 0.15) is 6.04 Å². The Morgan fingerprint density at radius 2 is 1.25 bits per heavy atom. The molecule has 4 aromatic rings. The number of aliphatic hydroxyl groups excluding tert-OH is 1. The maximum Gasteiger partial charge on any atom is 0.251 e. The number of anilines is 1. The van der Waals surface area contributed by atoms with Gasteiger partial charge in [-0.1, -0.05) is 119 Å². The van der Waals surface area contributed by atoms with E-state index < -0.39 is 57.9 Å². The third kappa shape index (κ3) is 15.1. The molecule has 0 fully saturated rings.